The van der Waals surface area contributed by atoms with E-state index in [9.17, 15) is 0 Å². The van der Waals surface area contributed by atoms with Gasteiger partial charge in [-0.2, -0.15) is 9.78 Å². The summed E-state index contributed by atoms with van der Waals surface area (Å²) in [5, 5.41) is 0. The summed E-state index contributed by atoms with van der Waals surface area (Å²) in [6.45, 7) is 14.3. The molecule has 0 radical (unpaired) electrons. The van der Waals surface area contributed by atoms with Crippen LogP contribution in [0.2, 0.25) is 0 Å². The summed E-state index contributed by atoms with van der Waals surface area (Å²) < 4.78 is 0. The van der Waals surface area contributed by atoms with Crippen LogP contribution < -0.4 is 0 Å². The summed E-state index contributed by atoms with van der Waals surface area (Å²) in [5.41, 5.74) is 0.486. The van der Waals surface area contributed by atoms with Gasteiger partial charge >= 0.3 is 0 Å². The molecule has 0 aliphatic heterocycles. The summed E-state index contributed by atoms with van der Waals surface area (Å²) in [6, 6.07) is 0. The van der Waals surface area contributed by atoms with Gasteiger partial charge in [0.2, 0.25) is 5.79 Å². The molecule has 0 aromatic carbocycles. The second-order valence-corrected chi connectivity index (χ2v) is 8.90. The summed E-state index contributed by atoms with van der Waals surface area (Å²) in [5.74, 6) is -0.714. The van der Waals surface area contributed by atoms with Gasteiger partial charge in [0, 0.05) is 12.8 Å². The smallest absolute Gasteiger partial charge is 0.233 e. The summed E-state index contributed by atoms with van der Waals surface area (Å²) in [7, 11) is 0. The van der Waals surface area contributed by atoms with Crippen LogP contribution in [0.25, 0.3) is 0 Å². The topological polar surface area (TPSA) is 36.9 Å². The van der Waals surface area contributed by atoms with Crippen molar-refractivity contribution in [2.45, 2.75) is 92.3 Å². The normalized spacial score (nSPS) is 19.4. The lowest BCUT2D eigenvalue weighted by Gasteiger charge is -2.34. The maximum absolute atomic E-state index is 5.65. The monoisotopic (exact) mass is 316 g/mol. The highest BCUT2D eigenvalue weighted by molar-refractivity contribution is 4.73. The van der Waals surface area contributed by atoms with Crippen LogP contribution in [0.3, 0.4) is 0 Å². The van der Waals surface area contributed by atoms with Crippen LogP contribution >= 0.6 is 0 Å². The molecule has 0 atom stereocenters. The van der Waals surface area contributed by atoms with Gasteiger partial charge < -0.3 is 0 Å². The molecule has 1 aliphatic carbocycles. The number of hydrogen-bond acceptors (Lipinski definition) is 4. The van der Waals surface area contributed by atoms with Crippen LogP contribution in [0.1, 0.15) is 86.5 Å². The van der Waals surface area contributed by atoms with Crippen molar-refractivity contribution < 1.29 is 19.6 Å². The van der Waals surface area contributed by atoms with Gasteiger partial charge in [-0.1, -0.05) is 48.0 Å². The molecule has 22 heavy (non-hydrogen) atoms. The predicted octanol–water partition coefficient (Wildman–Crippen LogP) is 5.42. The van der Waals surface area contributed by atoms with Crippen LogP contribution in [-0.2, 0) is 19.6 Å². The summed E-state index contributed by atoms with van der Waals surface area (Å²) in [4.78, 5) is 22.2. The molecule has 0 amide bonds. The molecule has 0 N–H and O–H groups in total. The van der Waals surface area contributed by atoms with Gasteiger partial charge in [-0.25, -0.2) is 9.78 Å². The lowest BCUT2D eigenvalue weighted by atomic mass is 9.93. The third-order valence-corrected chi connectivity index (χ3v) is 3.91. The van der Waals surface area contributed by atoms with Gasteiger partial charge in [-0.15, -0.1) is 0 Å². The maximum Gasteiger partial charge on any atom is 0.233 e. The quantitative estimate of drug-likeness (QED) is 0.259. The first-order valence-corrected chi connectivity index (χ1v) is 8.73. The van der Waals surface area contributed by atoms with E-state index in [1.807, 2.05) is 0 Å². The molecule has 0 aromatic heterocycles. The van der Waals surface area contributed by atoms with E-state index >= 15 is 0 Å². The Kier molecular flexibility index (Phi) is 7.80. The summed E-state index contributed by atoms with van der Waals surface area (Å²) >= 11 is 0. The van der Waals surface area contributed by atoms with Crippen molar-refractivity contribution in [2.75, 3.05) is 13.2 Å². The SMILES string of the molecule is CC(C)(C)CCOOC1(OOCCC(C)(C)C)CCCCC1. The Morgan fingerprint density at radius 2 is 1.09 bits per heavy atom. The first-order chi connectivity index (χ1) is 10.1. The fourth-order valence-corrected chi connectivity index (χ4v) is 2.26. The van der Waals surface area contributed by atoms with Gasteiger partial charge in [0.1, 0.15) is 0 Å². The van der Waals surface area contributed by atoms with E-state index < -0.39 is 5.79 Å². The molecule has 4 nitrogen and oxygen atoms in total. The highest BCUT2D eigenvalue weighted by Crippen LogP contribution is 2.34. The highest BCUT2D eigenvalue weighted by atomic mass is 17.3. The van der Waals surface area contributed by atoms with Crippen molar-refractivity contribution in [3.8, 4) is 0 Å². The number of rotatable bonds is 8. The van der Waals surface area contributed by atoms with E-state index in [1.54, 1.807) is 0 Å². The van der Waals surface area contributed by atoms with Crippen molar-refractivity contribution in [1.29, 1.82) is 0 Å². The average molecular weight is 316 g/mol. The van der Waals surface area contributed by atoms with Crippen LogP contribution in [0.4, 0.5) is 0 Å². The minimum atomic E-state index is -0.714. The van der Waals surface area contributed by atoms with Crippen LogP contribution in [0.5, 0.6) is 0 Å². The molecule has 0 unspecified atom stereocenters. The average Bonchev–Trinajstić information content (AvgIpc) is 2.39. The Hall–Kier alpha value is -0.160. The van der Waals surface area contributed by atoms with Crippen LogP contribution in [0, 0.1) is 10.8 Å². The molecule has 0 saturated heterocycles. The van der Waals surface area contributed by atoms with E-state index in [-0.39, 0.29) is 10.8 Å². The van der Waals surface area contributed by atoms with Crippen molar-refractivity contribution in [3.05, 3.63) is 0 Å². The molecule has 1 rings (SSSR count). The molecule has 1 fully saturated rings. The third kappa shape index (κ3) is 9.09. The first-order valence-electron chi connectivity index (χ1n) is 8.73. The van der Waals surface area contributed by atoms with Crippen LogP contribution in [-0.4, -0.2) is 19.0 Å². The Bertz CT molecular complexity index is 271. The predicted molar refractivity (Wildman–Crippen MR) is 88.0 cm³/mol. The van der Waals surface area contributed by atoms with E-state index in [0.717, 1.165) is 38.5 Å². The zero-order chi connectivity index (χ0) is 16.7. The van der Waals surface area contributed by atoms with E-state index in [0.29, 0.717) is 13.2 Å². The second kappa shape index (κ2) is 8.62. The first kappa shape index (κ1) is 19.9. The zero-order valence-electron chi connectivity index (χ0n) is 15.5. The minimum Gasteiger partial charge on any atom is -0.234 e. The number of hydrogen-bond donors (Lipinski definition) is 0. The fourth-order valence-electron chi connectivity index (χ4n) is 2.26. The molecule has 4 heteroatoms. The van der Waals surface area contributed by atoms with Gasteiger partial charge in [0.05, 0.1) is 13.2 Å². The van der Waals surface area contributed by atoms with Crippen molar-refractivity contribution in [1.82, 2.24) is 0 Å². The zero-order valence-corrected chi connectivity index (χ0v) is 15.5. The van der Waals surface area contributed by atoms with Gasteiger partial charge in [-0.05, 0) is 36.5 Å². The molecular formula is C18H36O4. The molecule has 1 aliphatic rings. The molecule has 0 spiro atoms. The van der Waals surface area contributed by atoms with E-state index in [4.69, 9.17) is 19.6 Å². The van der Waals surface area contributed by atoms with E-state index in [2.05, 4.69) is 41.5 Å². The second-order valence-electron chi connectivity index (χ2n) is 8.90. The Morgan fingerprint density at radius 3 is 1.45 bits per heavy atom. The van der Waals surface area contributed by atoms with Crippen molar-refractivity contribution in [2.24, 2.45) is 10.8 Å². The largest absolute Gasteiger partial charge is 0.234 e. The third-order valence-electron chi connectivity index (χ3n) is 3.91. The standard InChI is InChI=1S/C18H36O4/c1-16(2,3)12-14-19-21-18(10-8-7-9-11-18)22-20-15-13-17(4,5)6/h7-15H2,1-6H3. The minimum absolute atomic E-state index is 0.243. The van der Waals surface area contributed by atoms with Crippen molar-refractivity contribution >= 4 is 0 Å². The Balaban J connectivity index is 2.34. The highest BCUT2D eigenvalue weighted by Gasteiger charge is 2.37. The molecule has 0 heterocycles. The van der Waals surface area contributed by atoms with Gasteiger partial charge in [0.15, 0.2) is 0 Å². The molecule has 0 aromatic rings. The Morgan fingerprint density at radius 1 is 0.682 bits per heavy atom. The fraction of sp³-hybridized carbons (Fsp3) is 1.00. The summed E-state index contributed by atoms with van der Waals surface area (Å²) in [6.07, 6.45) is 6.97. The lowest BCUT2D eigenvalue weighted by molar-refractivity contribution is -0.517. The lowest BCUT2D eigenvalue weighted by Crippen LogP contribution is -2.38. The molecular weight excluding hydrogens is 280 g/mol. The van der Waals surface area contributed by atoms with Gasteiger partial charge in [0.25, 0.3) is 0 Å². The molecule has 1 saturated carbocycles. The van der Waals surface area contributed by atoms with Crippen LogP contribution in [0.15, 0.2) is 0 Å². The van der Waals surface area contributed by atoms with Crippen molar-refractivity contribution in [3.63, 3.8) is 0 Å². The van der Waals surface area contributed by atoms with E-state index in [1.165, 1.54) is 6.42 Å². The molecule has 0 bridgehead atoms. The van der Waals surface area contributed by atoms with Gasteiger partial charge in [-0.3, -0.25) is 0 Å². The maximum atomic E-state index is 5.65. The molecule has 132 valence electrons. The Labute approximate surface area is 136 Å².